The van der Waals surface area contributed by atoms with Crippen molar-refractivity contribution in [2.45, 2.75) is 32.7 Å². The predicted molar refractivity (Wildman–Crippen MR) is 103 cm³/mol. The minimum Gasteiger partial charge on any atom is -0.469 e. The summed E-state index contributed by atoms with van der Waals surface area (Å²) < 4.78 is 13.8. The number of hydrogen-bond donors (Lipinski definition) is 0. The molecule has 146 valence electrons. The van der Waals surface area contributed by atoms with Crippen LogP contribution in [0.25, 0.3) is 16.6 Å². The molecule has 0 saturated heterocycles. The maximum atomic E-state index is 12.8. The van der Waals surface area contributed by atoms with E-state index in [2.05, 4.69) is 5.10 Å². The van der Waals surface area contributed by atoms with Crippen molar-refractivity contribution in [1.29, 1.82) is 0 Å². The third kappa shape index (κ3) is 3.21. The van der Waals surface area contributed by atoms with Crippen LogP contribution in [0.1, 0.15) is 24.9 Å². The average molecular weight is 382 g/mol. The van der Waals surface area contributed by atoms with E-state index >= 15 is 0 Å². The fourth-order valence-corrected chi connectivity index (χ4v) is 3.38. The molecule has 4 aromatic heterocycles. The van der Waals surface area contributed by atoms with Gasteiger partial charge in [-0.3, -0.25) is 14.0 Å². The Morgan fingerprint density at radius 1 is 1.21 bits per heavy atom. The Bertz CT molecular complexity index is 1170. The third-order valence-electron chi connectivity index (χ3n) is 4.89. The van der Waals surface area contributed by atoms with E-state index in [0.29, 0.717) is 29.9 Å². The van der Waals surface area contributed by atoms with Crippen LogP contribution in [0.3, 0.4) is 0 Å². The summed E-state index contributed by atoms with van der Waals surface area (Å²) >= 11 is 0. The highest BCUT2D eigenvalue weighted by molar-refractivity contribution is 5.82. The smallest absolute Gasteiger partial charge is 0.291 e. The molecule has 0 fully saturated rings. The highest BCUT2D eigenvalue weighted by Crippen LogP contribution is 2.20. The van der Waals surface area contributed by atoms with Crippen LogP contribution in [0.5, 0.6) is 0 Å². The molecule has 0 aliphatic carbocycles. The molecular weight excluding hydrogens is 360 g/mol. The number of aromatic nitrogens is 3. The molecule has 0 N–H and O–H groups in total. The molecule has 0 aromatic carbocycles. The van der Waals surface area contributed by atoms with Crippen molar-refractivity contribution >= 4 is 22.5 Å². The maximum absolute atomic E-state index is 12.8. The van der Waals surface area contributed by atoms with Crippen LogP contribution in [-0.2, 0) is 24.2 Å². The van der Waals surface area contributed by atoms with E-state index in [1.807, 2.05) is 25.1 Å². The number of furan rings is 2. The molecule has 0 saturated carbocycles. The molecular formula is C20H22N4O4. The number of carbonyl (C=O) groups is 1. The van der Waals surface area contributed by atoms with Crippen molar-refractivity contribution in [2.75, 3.05) is 13.6 Å². The first-order valence-corrected chi connectivity index (χ1v) is 9.33. The van der Waals surface area contributed by atoms with Crippen LogP contribution in [0.2, 0.25) is 0 Å². The van der Waals surface area contributed by atoms with Gasteiger partial charge in [0, 0.05) is 38.6 Å². The molecule has 4 rings (SSSR count). The van der Waals surface area contributed by atoms with Crippen molar-refractivity contribution in [2.24, 2.45) is 0 Å². The van der Waals surface area contributed by atoms with Gasteiger partial charge in [0.05, 0.1) is 18.0 Å². The van der Waals surface area contributed by atoms with Crippen LogP contribution >= 0.6 is 0 Å². The fraction of sp³-hybridized carbons (Fsp3) is 0.350. The Kier molecular flexibility index (Phi) is 4.77. The second-order valence-corrected chi connectivity index (χ2v) is 6.77. The normalized spacial score (nSPS) is 11.5. The summed E-state index contributed by atoms with van der Waals surface area (Å²) in [4.78, 5) is 27.1. The summed E-state index contributed by atoms with van der Waals surface area (Å²) in [7, 11) is 1.74. The van der Waals surface area contributed by atoms with Gasteiger partial charge in [-0.1, -0.05) is 6.92 Å². The van der Waals surface area contributed by atoms with Gasteiger partial charge < -0.3 is 13.7 Å². The zero-order valence-electron chi connectivity index (χ0n) is 15.9. The number of nitrogens with zero attached hydrogens (tertiary/aromatic N) is 4. The Morgan fingerprint density at radius 3 is 2.82 bits per heavy atom. The van der Waals surface area contributed by atoms with Crippen LogP contribution in [0.15, 0.2) is 50.4 Å². The Hall–Kier alpha value is -3.29. The number of rotatable bonds is 7. The third-order valence-corrected chi connectivity index (χ3v) is 4.89. The second-order valence-electron chi connectivity index (χ2n) is 6.77. The van der Waals surface area contributed by atoms with E-state index in [-0.39, 0.29) is 18.0 Å². The van der Waals surface area contributed by atoms with Crippen molar-refractivity contribution in [3.05, 3.63) is 58.7 Å². The SMILES string of the molecule is CCc1nn(CC(=O)N(C)CCCc2ccco2)c(=O)c2cc3occc3n12. The van der Waals surface area contributed by atoms with E-state index < -0.39 is 0 Å². The monoisotopic (exact) mass is 382 g/mol. The average Bonchev–Trinajstić information content (AvgIpc) is 3.41. The summed E-state index contributed by atoms with van der Waals surface area (Å²) in [5.41, 5.74) is 1.60. The van der Waals surface area contributed by atoms with Gasteiger partial charge in [0.25, 0.3) is 5.56 Å². The molecule has 4 heterocycles. The van der Waals surface area contributed by atoms with Gasteiger partial charge in [0.2, 0.25) is 5.91 Å². The van der Waals surface area contributed by atoms with Gasteiger partial charge in [-0.05, 0) is 18.6 Å². The zero-order valence-corrected chi connectivity index (χ0v) is 15.9. The number of aryl methyl sites for hydroxylation is 2. The van der Waals surface area contributed by atoms with Crippen molar-refractivity contribution in [3.8, 4) is 0 Å². The summed E-state index contributed by atoms with van der Waals surface area (Å²) in [6, 6.07) is 7.28. The highest BCUT2D eigenvalue weighted by atomic mass is 16.3. The first-order valence-electron chi connectivity index (χ1n) is 9.33. The molecule has 8 nitrogen and oxygen atoms in total. The lowest BCUT2D eigenvalue weighted by molar-refractivity contribution is -0.130. The van der Waals surface area contributed by atoms with E-state index in [9.17, 15) is 9.59 Å². The van der Waals surface area contributed by atoms with Crippen LogP contribution in [0.4, 0.5) is 0 Å². The van der Waals surface area contributed by atoms with Crippen molar-refractivity contribution in [1.82, 2.24) is 19.1 Å². The molecule has 1 amide bonds. The van der Waals surface area contributed by atoms with Crippen molar-refractivity contribution in [3.63, 3.8) is 0 Å². The standard InChI is InChI=1S/C20H22N4O4/c1-3-18-21-23(20(26)16-12-17-15(24(16)18)8-11-28-17)13-19(25)22(2)9-4-6-14-7-5-10-27-14/h5,7-8,10-12H,3-4,6,9,13H2,1-2H3. The topological polar surface area (TPSA) is 85.9 Å². The zero-order chi connectivity index (χ0) is 19.7. The number of amides is 1. The largest absolute Gasteiger partial charge is 0.469 e. The van der Waals surface area contributed by atoms with Gasteiger partial charge in [-0.15, -0.1) is 0 Å². The fourth-order valence-electron chi connectivity index (χ4n) is 3.38. The lowest BCUT2D eigenvalue weighted by Crippen LogP contribution is -2.36. The first kappa shape index (κ1) is 18.1. The number of carbonyl (C=O) groups excluding carboxylic acids is 1. The summed E-state index contributed by atoms with van der Waals surface area (Å²) in [5.74, 6) is 1.45. The maximum Gasteiger partial charge on any atom is 0.291 e. The predicted octanol–water partition coefficient (Wildman–Crippen LogP) is 2.49. The van der Waals surface area contributed by atoms with E-state index in [0.717, 1.165) is 24.1 Å². The number of likely N-dealkylation sites (N-methyl/N-ethyl adjacent to an activating group) is 1. The molecule has 0 unspecified atom stereocenters. The van der Waals surface area contributed by atoms with Crippen LogP contribution in [-0.4, -0.2) is 38.6 Å². The quantitative estimate of drug-likeness (QED) is 0.490. The molecule has 8 heteroatoms. The van der Waals surface area contributed by atoms with Gasteiger partial charge >= 0.3 is 0 Å². The molecule has 4 aromatic rings. The Labute approximate surface area is 160 Å². The van der Waals surface area contributed by atoms with Crippen molar-refractivity contribution < 1.29 is 13.6 Å². The second kappa shape index (κ2) is 7.38. The van der Waals surface area contributed by atoms with E-state index in [1.54, 1.807) is 34.9 Å². The minimum absolute atomic E-state index is 0.0911. The first-order chi connectivity index (χ1) is 13.6. The van der Waals surface area contributed by atoms with E-state index in [4.69, 9.17) is 8.83 Å². The lowest BCUT2D eigenvalue weighted by atomic mass is 10.2. The summed E-state index contributed by atoms with van der Waals surface area (Å²) in [6.07, 6.45) is 5.40. The molecule has 0 radical (unpaired) electrons. The van der Waals surface area contributed by atoms with Crippen LogP contribution < -0.4 is 5.56 Å². The lowest BCUT2D eigenvalue weighted by Gasteiger charge is -2.17. The highest BCUT2D eigenvalue weighted by Gasteiger charge is 2.18. The molecule has 28 heavy (non-hydrogen) atoms. The minimum atomic E-state index is -0.305. The van der Waals surface area contributed by atoms with Gasteiger partial charge in [0.15, 0.2) is 5.58 Å². The molecule has 0 aliphatic rings. The van der Waals surface area contributed by atoms with E-state index in [1.165, 1.54) is 4.68 Å². The molecule has 0 aliphatic heterocycles. The molecule has 0 bridgehead atoms. The van der Waals surface area contributed by atoms with Gasteiger partial charge in [0.1, 0.15) is 23.6 Å². The molecule has 0 atom stereocenters. The molecule has 0 spiro atoms. The Morgan fingerprint density at radius 2 is 2.07 bits per heavy atom. The summed E-state index contributed by atoms with van der Waals surface area (Å²) in [5, 5.41) is 4.43. The van der Waals surface area contributed by atoms with Gasteiger partial charge in [-0.25, -0.2) is 4.68 Å². The van der Waals surface area contributed by atoms with Crippen LogP contribution in [0, 0.1) is 0 Å². The summed E-state index contributed by atoms with van der Waals surface area (Å²) in [6.45, 7) is 2.45. The van der Waals surface area contributed by atoms with Gasteiger partial charge in [-0.2, -0.15) is 5.10 Å². The number of fused-ring (bicyclic) bond motifs is 3. The number of hydrogen-bond acceptors (Lipinski definition) is 5. The Balaban J connectivity index is 1.52.